The summed E-state index contributed by atoms with van der Waals surface area (Å²) in [7, 11) is -0.950. The lowest BCUT2D eigenvalue weighted by atomic mass is 10.4. The van der Waals surface area contributed by atoms with Crippen LogP contribution in [0.15, 0.2) is 65.4 Å². The van der Waals surface area contributed by atoms with Crippen molar-refractivity contribution in [1.82, 2.24) is 0 Å². The first kappa shape index (κ1) is 10.8. The summed E-state index contributed by atoms with van der Waals surface area (Å²) in [6, 6.07) is 19.7. The molecule has 2 rings (SSSR count). The SMILES string of the molecule is O=C=NP(c1ccccc1)c1ccccc1. The van der Waals surface area contributed by atoms with Crippen LogP contribution in [0.1, 0.15) is 0 Å². The molecule has 2 nitrogen and oxygen atoms in total. The monoisotopic (exact) mass is 227 g/mol. The molecule has 3 heteroatoms. The zero-order valence-corrected chi connectivity index (χ0v) is 9.47. The van der Waals surface area contributed by atoms with Crippen molar-refractivity contribution in [2.45, 2.75) is 0 Å². The van der Waals surface area contributed by atoms with Crippen LogP contribution in [0.4, 0.5) is 0 Å². The van der Waals surface area contributed by atoms with E-state index in [0.717, 1.165) is 10.6 Å². The fourth-order valence-electron chi connectivity index (χ4n) is 1.44. The molecule has 0 unspecified atom stereocenters. The maximum atomic E-state index is 10.5. The van der Waals surface area contributed by atoms with E-state index in [2.05, 4.69) is 4.76 Å². The highest BCUT2D eigenvalue weighted by Crippen LogP contribution is 2.33. The summed E-state index contributed by atoms with van der Waals surface area (Å²) in [5.74, 6) is 0. The topological polar surface area (TPSA) is 29.4 Å². The molecule has 0 aliphatic carbocycles. The van der Waals surface area contributed by atoms with E-state index in [4.69, 9.17) is 0 Å². The van der Waals surface area contributed by atoms with Crippen LogP contribution in [0.5, 0.6) is 0 Å². The van der Waals surface area contributed by atoms with Crippen LogP contribution in [0.3, 0.4) is 0 Å². The van der Waals surface area contributed by atoms with Gasteiger partial charge in [-0.1, -0.05) is 60.7 Å². The molecule has 0 N–H and O–H groups in total. The minimum absolute atomic E-state index is 0.950. The highest BCUT2D eigenvalue weighted by Gasteiger charge is 2.11. The van der Waals surface area contributed by atoms with E-state index < -0.39 is 8.07 Å². The molecule has 16 heavy (non-hydrogen) atoms. The molecule has 0 spiro atoms. The van der Waals surface area contributed by atoms with Gasteiger partial charge in [-0.2, -0.15) is 4.76 Å². The molecule has 0 saturated carbocycles. The molecular formula is C13H10NOP. The third kappa shape index (κ3) is 2.43. The summed E-state index contributed by atoms with van der Waals surface area (Å²) in [4.78, 5) is 10.5. The zero-order chi connectivity index (χ0) is 11.2. The molecule has 0 aliphatic heterocycles. The molecule has 0 heterocycles. The zero-order valence-electron chi connectivity index (χ0n) is 8.58. The van der Waals surface area contributed by atoms with Gasteiger partial charge >= 0.3 is 0 Å². The van der Waals surface area contributed by atoms with Crippen molar-refractivity contribution in [1.29, 1.82) is 0 Å². The molecule has 0 bridgehead atoms. The van der Waals surface area contributed by atoms with Gasteiger partial charge in [-0.3, -0.25) is 0 Å². The standard InChI is InChI=1S/C13H10NOP/c15-11-14-16(12-7-3-1-4-8-12)13-9-5-2-6-10-13/h1-10H. The summed E-state index contributed by atoms with van der Waals surface area (Å²) in [6.07, 6.45) is 1.67. The number of rotatable bonds is 3. The highest BCUT2D eigenvalue weighted by atomic mass is 31.1. The van der Waals surface area contributed by atoms with Crippen molar-refractivity contribution >= 4 is 24.8 Å². The molecule has 2 aromatic rings. The van der Waals surface area contributed by atoms with Crippen molar-refractivity contribution in [2.75, 3.05) is 0 Å². The average molecular weight is 227 g/mol. The van der Waals surface area contributed by atoms with Gasteiger partial charge in [-0.25, -0.2) is 4.79 Å². The Morgan fingerprint density at radius 1 is 0.812 bits per heavy atom. The third-order valence-electron chi connectivity index (χ3n) is 2.14. The van der Waals surface area contributed by atoms with Crippen LogP contribution in [-0.2, 0) is 4.79 Å². The Kier molecular flexibility index (Phi) is 3.61. The smallest absolute Gasteiger partial charge is 0.211 e. The van der Waals surface area contributed by atoms with E-state index in [9.17, 15) is 4.79 Å². The van der Waals surface area contributed by atoms with Crippen LogP contribution >= 0.6 is 8.07 Å². The summed E-state index contributed by atoms with van der Waals surface area (Å²) in [5.41, 5.74) is 0. The molecule has 78 valence electrons. The minimum atomic E-state index is -0.950. The predicted molar refractivity (Wildman–Crippen MR) is 67.2 cm³/mol. The predicted octanol–water partition coefficient (Wildman–Crippen LogP) is 2.37. The fraction of sp³-hybridized carbons (Fsp3) is 0. The van der Waals surface area contributed by atoms with E-state index in [0.29, 0.717) is 0 Å². The molecule has 0 radical (unpaired) electrons. The van der Waals surface area contributed by atoms with Crippen molar-refractivity contribution in [3.05, 3.63) is 60.7 Å². The third-order valence-corrected chi connectivity index (χ3v) is 4.00. The van der Waals surface area contributed by atoms with E-state index in [1.165, 1.54) is 0 Å². The van der Waals surface area contributed by atoms with Gasteiger partial charge in [0.2, 0.25) is 6.08 Å². The number of nitrogens with zero attached hydrogens (tertiary/aromatic N) is 1. The van der Waals surface area contributed by atoms with Crippen LogP contribution in [0.25, 0.3) is 0 Å². The Morgan fingerprint density at radius 2 is 1.25 bits per heavy atom. The molecular weight excluding hydrogens is 217 g/mol. The minimum Gasteiger partial charge on any atom is -0.211 e. The van der Waals surface area contributed by atoms with Gasteiger partial charge < -0.3 is 0 Å². The average Bonchev–Trinajstić information content (AvgIpc) is 2.38. The largest absolute Gasteiger partial charge is 0.239 e. The first-order valence-corrected chi connectivity index (χ1v) is 6.19. The highest BCUT2D eigenvalue weighted by molar-refractivity contribution is 7.71. The number of isocyanates is 1. The number of hydrogen-bond acceptors (Lipinski definition) is 2. The molecule has 0 aromatic heterocycles. The van der Waals surface area contributed by atoms with Crippen LogP contribution < -0.4 is 10.6 Å². The number of hydrogen-bond donors (Lipinski definition) is 0. The second-order valence-corrected chi connectivity index (χ2v) is 5.03. The Bertz CT molecular complexity index is 452. The van der Waals surface area contributed by atoms with Gasteiger partial charge in [0.15, 0.2) is 0 Å². The van der Waals surface area contributed by atoms with Gasteiger partial charge in [0.1, 0.15) is 0 Å². The Labute approximate surface area is 95.5 Å². The lowest BCUT2D eigenvalue weighted by molar-refractivity contribution is 0.566. The quantitative estimate of drug-likeness (QED) is 0.449. The maximum absolute atomic E-state index is 10.5. The fourth-order valence-corrected chi connectivity index (χ4v) is 2.96. The lowest BCUT2D eigenvalue weighted by Crippen LogP contribution is -2.09. The summed E-state index contributed by atoms with van der Waals surface area (Å²) in [5, 5.41) is 2.12. The Hall–Kier alpha value is -1.75. The van der Waals surface area contributed by atoms with Crippen molar-refractivity contribution in [3.63, 3.8) is 0 Å². The molecule has 0 atom stereocenters. The van der Waals surface area contributed by atoms with Gasteiger partial charge in [-0.05, 0) is 0 Å². The van der Waals surface area contributed by atoms with E-state index in [1.807, 2.05) is 60.7 Å². The van der Waals surface area contributed by atoms with Crippen molar-refractivity contribution in [3.8, 4) is 0 Å². The van der Waals surface area contributed by atoms with Gasteiger partial charge in [-0.15, -0.1) is 0 Å². The van der Waals surface area contributed by atoms with E-state index >= 15 is 0 Å². The normalized spacial score (nSPS) is 9.81. The Balaban J connectivity index is 2.43. The van der Waals surface area contributed by atoms with Crippen molar-refractivity contribution in [2.24, 2.45) is 4.76 Å². The summed E-state index contributed by atoms with van der Waals surface area (Å²) >= 11 is 0. The van der Waals surface area contributed by atoms with Gasteiger partial charge in [0, 0.05) is 10.6 Å². The Morgan fingerprint density at radius 3 is 1.62 bits per heavy atom. The van der Waals surface area contributed by atoms with Crippen LogP contribution in [0.2, 0.25) is 0 Å². The molecule has 0 saturated heterocycles. The second-order valence-electron chi connectivity index (χ2n) is 3.17. The number of benzene rings is 2. The molecule has 0 amide bonds. The van der Waals surface area contributed by atoms with Crippen LogP contribution in [0, 0.1) is 0 Å². The van der Waals surface area contributed by atoms with E-state index in [-0.39, 0.29) is 0 Å². The summed E-state index contributed by atoms with van der Waals surface area (Å²) < 4.78 is 3.92. The van der Waals surface area contributed by atoms with Crippen molar-refractivity contribution < 1.29 is 4.79 Å². The summed E-state index contributed by atoms with van der Waals surface area (Å²) in [6.45, 7) is 0. The second kappa shape index (κ2) is 5.37. The van der Waals surface area contributed by atoms with E-state index in [1.54, 1.807) is 6.08 Å². The first-order chi connectivity index (χ1) is 7.92. The maximum Gasteiger partial charge on any atom is 0.239 e. The molecule has 2 aromatic carbocycles. The van der Waals surface area contributed by atoms with Gasteiger partial charge in [0.25, 0.3) is 0 Å². The molecule has 0 fully saturated rings. The van der Waals surface area contributed by atoms with Gasteiger partial charge in [0.05, 0.1) is 8.07 Å². The number of carbonyl (C=O) groups excluding carboxylic acids is 1. The first-order valence-electron chi connectivity index (χ1n) is 4.90. The molecule has 0 aliphatic rings. The van der Waals surface area contributed by atoms with Crippen LogP contribution in [-0.4, -0.2) is 6.08 Å². The lowest BCUT2D eigenvalue weighted by Gasteiger charge is -2.10.